The van der Waals surface area contributed by atoms with Gasteiger partial charge in [0.15, 0.2) is 0 Å². The predicted octanol–water partition coefficient (Wildman–Crippen LogP) is 4.35. The zero-order valence-corrected chi connectivity index (χ0v) is 9.67. The molecule has 1 aliphatic carbocycles. The van der Waals surface area contributed by atoms with E-state index in [4.69, 9.17) is 0 Å². The number of rotatable bonds is 0. The first kappa shape index (κ1) is 9.41. The third-order valence-electron chi connectivity index (χ3n) is 3.32. The number of hydrogen-bond acceptors (Lipinski definition) is 0. The van der Waals surface area contributed by atoms with Crippen molar-refractivity contribution in [2.24, 2.45) is 0 Å². The fourth-order valence-electron chi connectivity index (χ4n) is 2.70. The van der Waals surface area contributed by atoms with Crippen LogP contribution in [0.2, 0.25) is 0 Å². The summed E-state index contributed by atoms with van der Waals surface area (Å²) in [6.45, 7) is 8.55. The summed E-state index contributed by atoms with van der Waals surface area (Å²) < 4.78 is 0. The summed E-state index contributed by atoms with van der Waals surface area (Å²) in [7, 11) is 0. The summed E-state index contributed by atoms with van der Waals surface area (Å²) in [6.07, 6.45) is 0. The van der Waals surface area contributed by atoms with Crippen molar-refractivity contribution in [2.45, 2.75) is 13.8 Å². The Morgan fingerprint density at radius 2 is 1.56 bits per heavy atom. The minimum Gasteiger partial charge on any atom is -0.0905 e. The Labute approximate surface area is 96.3 Å². The molecule has 0 nitrogen and oxygen atoms in total. The van der Waals surface area contributed by atoms with Gasteiger partial charge >= 0.3 is 0 Å². The Kier molecular flexibility index (Phi) is 1.81. The van der Waals surface area contributed by atoms with Crippen LogP contribution in [0.3, 0.4) is 0 Å². The van der Waals surface area contributed by atoms with Crippen LogP contribution in [0.1, 0.15) is 22.3 Å². The van der Waals surface area contributed by atoms with Crippen molar-refractivity contribution >= 4 is 5.57 Å². The first-order valence-electron chi connectivity index (χ1n) is 5.59. The van der Waals surface area contributed by atoms with E-state index in [2.05, 4.69) is 56.8 Å². The maximum Gasteiger partial charge on any atom is -0.00754 e. The monoisotopic (exact) mass is 206 g/mol. The Hall–Kier alpha value is -1.82. The smallest absolute Gasteiger partial charge is 0.00754 e. The second-order valence-corrected chi connectivity index (χ2v) is 4.53. The van der Waals surface area contributed by atoms with Crippen LogP contribution in [0.4, 0.5) is 0 Å². The van der Waals surface area contributed by atoms with Gasteiger partial charge in [-0.15, -0.1) is 0 Å². The minimum atomic E-state index is 1.17. The van der Waals surface area contributed by atoms with Gasteiger partial charge in [-0.2, -0.15) is 0 Å². The lowest BCUT2D eigenvalue weighted by atomic mass is 9.98. The Morgan fingerprint density at radius 3 is 2.31 bits per heavy atom. The van der Waals surface area contributed by atoms with Gasteiger partial charge in [-0.3, -0.25) is 0 Å². The molecule has 0 aromatic heterocycles. The van der Waals surface area contributed by atoms with Crippen LogP contribution in [0.25, 0.3) is 16.7 Å². The van der Waals surface area contributed by atoms with Crippen LogP contribution in [-0.4, -0.2) is 0 Å². The first-order chi connectivity index (χ1) is 7.68. The summed E-state index contributed by atoms with van der Waals surface area (Å²) >= 11 is 0. The van der Waals surface area contributed by atoms with Crippen LogP contribution in [0, 0.1) is 13.8 Å². The fraction of sp³-hybridized carbons (Fsp3) is 0.125. The normalized spacial score (nSPS) is 12.5. The zero-order chi connectivity index (χ0) is 11.3. The molecule has 0 spiro atoms. The molecule has 0 N–H and O–H groups in total. The predicted molar refractivity (Wildman–Crippen MR) is 69.5 cm³/mol. The van der Waals surface area contributed by atoms with E-state index in [1.165, 1.54) is 39.0 Å². The average molecular weight is 206 g/mol. The molecule has 78 valence electrons. The van der Waals surface area contributed by atoms with Crippen molar-refractivity contribution in [1.29, 1.82) is 0 Å². The summed E-state index contributed by atoms with van der Waals surface area (Å²) in [6, 6.07) is 13.0. The highest BCUT2D eigenvalue weighted by molar-refractivity contribution is 6.01. The molecule has 2 aromatic rings. The molecular formula is C16H14. The van der Waals surface area contributed by atoms with Gasteiger partial charge in [0.1, 0.15) is 0 Å². The molecule has 0 saturated carbocycles. The molecule has 0 aliphatic heterocycles. The minimum absolute atomic E-state index is 1.17. The van der Waals surface area contributed by atoms with E-state index in [0.29, 0.717) is 0 Å². The number of benzene rings is 2. The van der Waals surface area contributed by atoms with Crippen molar-refractivity contribution in [3.8, 4) is 11.1 Å². The van der Waals surface area contributed by atoms with E-state index in [1.54, 1.807) is 0 Å². The van der Waals surface area contributed by atoms with Gasteiger partial charge in [-0.1, -0.05) is 48.5 Å². The fourth-order valence-corrected chi connectivity index (χ4v) is 2.70. The molecule has 3 rings (SSSR count). The topological polar surface area (TPSA) is 0 Å². The van der Waals surface area contributed by atoms with Crippen molar-refractivity contribution in [3.63, 3.8) is 0 Å². The molecule has 0 radical (unpaired) electrons. The SMILES string of the molecule is C=C1c2ccccc2-c2cc(C)cc(C)c21. The van der Waals surface area contributed by atoms with E-state index in [1.807, 2.05) is 0 Å². The third kappa shape index (κ3) is 1.10. The van der Waals surface area contributed by atoms with Crippen molar-refractivity contribution in [1.82, 2.24) is 0 Å². The van der Waals surface area contributed by atoms with E-state index >= 15 is 0 Å². The van der Waals surface area contributed by atoms with E-state index in [9.17, 15) is 0 Å². The lowest BCUT2D eigenvalue weighted by Gasteiger charge is -2.06. The van der Waals surface area contributed by atoms with Gasteiger partial charge in [0.05, 0.1) is 0 Å². The molecule has 0 fully saturated rings. The largest absolute Gasteiger partial charge is 0.0905 e. The van der Waals surface area contributed by atoms with Crippen LogP contribution < -0.4 is 0 Å². The maximum atomic E-state index is 4.23. The zero-order valence-electron chi connectivity index (χ0n) is 9.67. The molecule has 0 heterocycles. The summed E-state index contributed by atoms with van der Waals surface area (Å²) in [5, 5.41) is 0. The molecular weight excluding hydrogens is 192 g/mol. The Morgan fingerprint density at radius 1 is 0.875 bits per heavy atom. The van der Waals surface area contributed by atoms with Gasteiger partial charge in [0.2, 0.25) is 0 Å². The van der Waals surface area contributed by atoms with Gasteiger partial charge < -0.3 is 0 Å². The van der Waals surface area contributed by atoms with Gasteiger partial charge in [0.25, 0.3) is 0 Å². The third-order valence-corrected chi connectivity index (χ3v) is 3.32. The molecule has 16 heavy (non-hydrogen) atoms. The van der Waals surface area contributed by atoms with E-state index in [0.717, 1.165) is 0 Å². The van der Waals surface area contributed by atoms with Crippen LogP contribution in [0.15, 0.2) is 43.0 Å². The standard InChI is InChI=1S/C16H14/c1-10-8-11(2)16-12(3)13-6-4-5-7-14(13)15(16)9-10/h4-9H,3H2,1-2H3. The summed E-state index contributed by atoms with van der Waals surface area (Å²) in [5.41, 5.74) is 9.10. The molecule has 0 heteroatoms. The van der Waals surface area contributed by atoms with Gasteiger partial charge in [0, 0.05) is 0 Å². The second kappa shape index (κ2) is 3.08. The average Bonchev–Trinajstić information content (AvgIpc) is 2.54. The molecule has 0 unspecified atom stereocenters. The van der Waals surface area contributed by atoms with Crippen molar-refractivity contribution < 1.29 is 0 Å². The quantitative estimate of drug-likeness (QED) is 0.513. The van der Waals surface area contributed by atoms with E-state index in [-0.39, 0.29) is 0 Å². The van der Waals surface area contributed by atoms with E-state index < -0.39 is 0 Å². The molecule has 2 aromatic carbocycles. The lowest BCUT2D eigenvalue weighted by molar-refractivity contribution is 1.37. The van der Waals surface area contributed by atoms with Crippen molar-refractivity contribution in [2.75, 3.05) is 0 Å². The highest BCUT2D eigenvalue weighted by atomic mass is 14.3. The van der Waals surface area contributed by atoms with Crippen LogP contribution >= 0.6 is 0 Å². The first-order valence-corrected chi connectivity index (χ1v) is 5.59. The summed E-state index contributed by atoms with van der Waals surface area (Å²) in [4.78, 5) is 0. The maximum absolute atomic E-state index is 4.23. The molecule has 1 aliphatic rings. The lowest BCUT2D eigenvalue weighted by Crippen LogP contribution is -1.86. The second-order valence-electron chi connectivity index (χ2n) is 4.53. The molecule has 0 amide bonds. The molecule has 0 saturated heterocycles. The Balaban J connectivity index is 2.42. The van der Waals surface area contributed by atoms with Crippen LogP contribution in [0.5, 0.6) is 0 Å². The number of aryl methyl sites for hydroxylation is 2. The van der Waals surface area contributed by atoms with Gasteiger partial charge in [-0.05, 0) is 47.2 Å². The highest BCUT2D eigenvalue weighted by Crippen LogP contribution is 2.44. The van der Waals surface area contributed by atoms with Gasteiger partial charge in [-0.25, -0.2) is 0 Å². The number of fused-ring (bicyclic) bond motifs is 3. The summed E-state index contributed by atoms with van der Waals surface area (Å²) in [5.74, 6) is 0. The molecule has 0 bridgehead atoms. The van der Waals surface area contributed by atoms with Crippen LogP contribution in [-0.2, 0) is 0 Å². The number of hydrogen-bond donors (Lipinski definition) is 0. The highest BCUT2D eigenvalue weighted by Gasteiger charge is 2.22. The Bertz CT molecular complexity index is 603. The molecule has 0 atom stereocenters. The van der Waals surface area contributed by atoms with Crippen molar-refractivity contribution in [3.05, 3.63) is 65.2 Å².